The summed E-state index contributed by atoms with van der Waals surface area (Å²) < 4.78 is 0. The Morgan fingerprint density at radius 1 is 1.00 bits per heavy atom. The van der Waals surface area contributed by atoms with Gasteiger partial charge in [-0.1, -0.05) is 20.3 Å². The van der Waals surface area contributed by atoms with Gasteiger partial charge in [-0.25, -0.2) is 4.79 Å². The summed E-state index contributed by atoms with van der Waals surface area (Å²) in [5.74, 6) is -3.78. The van der Waals surface area contributed by atoms with Crippen molar-refractivity contribution >= 4 is 29.7 Å². The molecule has 0 bridgehead atoms. The van der Waals surface area contributed by atoms with E-state index in [-0.39, 0.29) is 31.4 Å². The Hall–Kier alpha value is -2.93. The topological polar surface area (TPSA) is 235 Å². The van der Waals surface area contributed by atoms with Gasteiger partial charge in [0, 0.05) is 6.54 Å². The molecule has 0 aliphatic heterocycles. The maximum Gasteiger partial charge on any atom is 0.328 e. The van der Waals surface area contributed by atoms with Crippen LogP contribution in [0.2, 0.25) is 0 Å². The molecule has 13 nitrogen and oxygen atoms in total. The highest BCUT2D eigenvalue weighted by Crippen LogP contribution is 2.10. The summed E-state index contributed by atoms with van der Waals surface area (Å²) in [5.41, 5.74) is 15.8. The number of carboxylic acid groups (broad SMARTS) is 1. The number of hydrogen-bond acceptors (Lipinski definition) is 7. The van der Waals surface area contributed by atoms with Gasteiger partial charge in [0.25, 0.3) is 0 Å². The average molecular weight is 446 g/mol. The van der Waals surface area contributed by atoms with Gasteiger partial charge < -0.3 is 43.4 Å². The van der Waals surface area contributed by atoms with E-state index in [1.807, 2.05) is 6.92 Å². The van der Waals surface area contributed by atoms with Crippen molar-refractivity contribution in [3.05, 3.63) is 0 Å². The normalized spacial score (nSPS) is 15.5. The first-order valence-corrected chi connectivity index (χ1v) is 10.0. The summed E-state index contributed by atoms with van der Waals surface area (Å²) >= 11 is 0. The maximum absolute atomic E-state index is 12.8. The van der Waals surface area contributed by atoms with Crippen molar-refractivity contribution in [2.75, 3.05) is 13.1 Å². The Kier molecular flexibility index (Phi) is 12.8. The lowest BCUT2D eigenvalue weighted by atomic mass is 9.97. The summed E-state index contributed by atoms with van der Waals surface area (Å²) in [6.45, 7) is 4.67. The fourth-order valence-electron chi connectivity index (χ4n) is 2.61. The maximum atomic E-state index is 12.8. The van der Waals surface area contributed by atoms with Gasteiger partial charge in [-0.2, -0.15) is 0 Å². The minimum Gasteiger partial charge on any atom is -0.480 e. The number of nitrogens with zero attached hydrogens (tertiary/aromatic N) is 1. The van der Waals surface area contributed by atoms with Crippen LogP contribution in [-0.2, 0) is 19.2 Å². The molecule has 0 heterocycles. The molecule has 0 aromatic rings. The number of hydrogen-bond donors (Lipinski definition) is 8. The quantitative estimate of drug-likeness (QED) is 0.0769. The number of carbonyl (C=O) groups is 4. The molecule has 0 radical (unpaired) electrons. The fourth-order valence-corrected chi connectivity index (χ4v) is 2.61. The number of carbonyl (C=O) groups excluding carboxylic acids is 3. The number of aliphatic carboxylic acids is 1. The first-order valence-electron chi connectivity index (χ1n) is 10.0. The third-order valence-electron chi connectivity index (χ3n) is 4.62. The predicted octanol–water partition coefficient (Wildman–Crippen LogP) is -3.04. The highest BCUT2D eigenvalue weighted by atomic mass is 16.4. The van der Waals surface area contributed by atoms with Gasteiger partial charge in [0.05, 0.1) is 12.6 Å². The van der Waals surface area contributed by atoms with Gasteiger partial charge in [-0.3, -0.25) is 19.4 Å². The predicted molar refractivity (Wildman–Crippen MR) is 114 cm³/mol. The second-order valence-electron chi connectivity index (χ2n) is 7.21. The van der Waals surface area contributed by atoms with Gasteiger partial charge >= 0.3 is 5.97 Å². The van der Waals surface area contributed by atoms with E-state index in [9.17, 15) is 29.4 Å². The van der Waals surface area contributed by atoms with Crippen LogP contribution in [0.25, 0.3) is 0 Å². The van der Waals surface area contributed by atoms with E-state index in [4.69, 9.17) is 17.2 Å². The van der Waals surface area contributed by atoms with Crippen molar-refractivity contribution in [2.24, 2.45) is 28.1 Å². The number of nitrogens with two attached hydrogens (primary N) is 3. The van der Waals surface area contributed by atoms with Gasteiger partial charge in [0.15, 0.2) is 12.0 Å². The first-order chi connectivity index (χ1) is 14.4. The van der Waals surface area contributed by atoms with Crippen molar-refractivity contribution in [3.63, 3.8) is 0 Å². The molecule has 0 aromatic carbocycles. The number of nitrogens with one attached hydrogen (secondary N) is 3. The molecular formula is C18H35N7O6. The van der Waals surface area contributed by atoms with Crippen LogP contribution in [0.5, 0.6) is 0 Å². The number of aliphatic hydroxyl groups excluding tert-OH is 1. The molecule has 11 N–H and O–H groups in total. The van der Waals surface area contributed by atoms with Crippen molar-refractivity contribution in [3.8, 4) is 0 Å². The van der Waals surface area contributed by atoms with E-state index in [0.717, 1.165) is 0 Å². The highest BCUT2D eigenvalue weighted by Gasteiger charge is 2.32. The lowest BCUT2D eigenvalue weighted by molar-refractivity contribution is -0.145. The van der Waals surface area contributed by atoms with Crippen LogP contribution < -0.4 is 33.2 Å². The summed E-state index contributed by atoms with van der Waals surface area (Å²) in [6, 6.07) is -3.66. The largest absolute Gasteiger partial charge is 0.480 e. The standard InChI is InChI=1S/C18H35N7O6/c1-4-9(2)13(24-12(27)8-19)16(29)23-11(6-5-7-22-18(20)21)15(28)25-14(10(3)26)17(30)31/h9-11,13-14,26H,4-8,19H2,1-3H3,(H,23,29)(H,24,27)(H,25,28)(H,30,31)(H4,20,21,22). The summed E-state index contributed by atoms with van der Waals surface area (Å²) in [6.07, 6.45) is -0.422. The van der Waals surface area contributed by atoms with E-state index in [1.165, 1.54) is 6.92 Å². The molecule has 3 amide bonds. The highest BCUT2D eigenvalue weighted by molar-refractivity contribution is 5.93. The molecule has 5 atom stereocenters. The Morgan fingerprint density at radius 3 is 2.06 bits per heavy atom. The van der Waals surface area contributed by atoms with E-state index in [1.54, 1.807) is 6.92 Å². The zero-order valence-electron chi connectivity index (χ0n) is 18.1. The van der Waals surface area contributed by atoms with Crippen LogP contribution in [0.3, 0.4) is 0 Å². The molecule has 0 saturated heterocycles. The molecule has 0 saturated carbocycles. The number of amides is 3. The third kappa shape index (κ3) is 10.6. The number of rotatable bonds is 14. The lowest BCUT2D eigenvalue weighted by Crippen LogP contribution is -2.58. The summed E-state index contributed by atoms with van der Waals surface area (Å²) in [4.78, 5) is 52.3. The smallest absolute Gasteiger partial charge is 0.328 e. The monoisotopic (exact) mass is 445 g/mol. The van der Waals surface area contributed by atoms with Crippen LogP contribution in [0.1, 0.15) is 40.0 Å². The number of aliphatic hydroxyl groups is 1. The molecule has 5 unspecified atom stereocenters. The van der Waals surface area contributed by atoms with Crippen molar-refractivity contribution in [1.29, 1.82) is 0 Å². The average Bonchev–Trinajstić information content (AvgIpc) is 2.70. The molecular weight excluding hydrogens is 410 g/mol. The molecule has 0 rings (SSSR count). The number of aliphatic imine (C=N–C) groups is 1. The van der Waals surface area contributed by atoms with E-state index >= 15 is 0 Å². The second kappa shape index (κ2) is 14.1. The van der Waals surface area contributed by atoms with Crippen LogP contribution >= 0.6 is 0 Å². The Morgan fingerprint density at radius 2 is 1.61 bits per heavy atom. The second-order valence-corrected chi connectivity index (χ2v) is 7.21. The van der Waals surface area contributed by atoms with Gasteiger partial charge in [-0.15, -0.1) is 0 Å². The van der Waals surface area contributed by atoms with Gasteiger partial charge in [-0.05, 0) is 25.7 Å². The van der Waals surface area contributed by atoms with Crippen LogP contribution in [0.15, 0.2) is 4.99 Å². The molecule has 0 aliphatic rings. The Bertz CT molecular complexity index is 651. The molecule has 0 fully saturated rings. The Balaban J connectivity index is 5.51. The minimum absolute atomic E-state index is 0.0819. The van der Waals surface area contributed by atoms with Gasteiger partial charge in [0.1, 0.15) is 12.1 Å². The van der Waals surface area contributed by atoms with Crippen molar-refractivity contribution < 1.29 is 29.4 Å². The number of carboxylic acids is 1. The van der Waals surface area contributed by atoms with Crippen LogP contribution in [0, 0.1) is 5.92 Å². The van der Waals surface area contributed by atoms with Crippen LogP contribution in [0.4, 0.5) is 0 Å². The molecule has 13 heteroatoms. The van der Waals surface area contributed by atoms with Gasteiger partial charge in [0.2, 0.25) is 17.7 Å². The van der Waals surface area contributed by atoms with E-state index in [0.29, 0.717) is 12.8 Å². The molecule has 0 aromatic heterocycles. The first kappa shape index (κ1) is 28.1. The van der Waals surface area contributed by atoms with Crippen molar-refractivity contribution in [2.45, 2.75) is 64.3 Å². The summed E-state index contributed by atoms with van der Waals surface area (Å²) in [5, 5.41) is 26.1. The molecule has 0 spiro atoms. The van der Waals surface area contributed by atoms with Crippen LogP contribution in [-0.4, -0.2) is 77.2 Å². The molecule has 31 heavy (non-hydrogen) atoms. The minimum atomic E-state index is -1.56. The van der Waals surface area contributed by atoms with E-state index < -0.39 is 47.9 Å². The number of guanidine groups is 1. The van der Waals surface area contributed by atoms with Crippen molar-refractivity contribution in [1.82, 2.24) is 16.0 Å². The Labute approximate surface area is 181 Å². The zero-order valence-corrected chi connectivity index (χ0v) is 18.1. The fraction of sp³-hybridized carbons (Fsp3) is 0.722. The third-order valence-corrected chi connectivity index (χ3v) is 4.62. The lowest BCUT2D eigenvalue weighted by Gasteiger charge is -2.27. The molecule has 0 aliphatic carbocycles. The SMILES string of the molecule is CCC(C)C(NC(=O)CN)C(=O)NC(CCCN=C(N)N)C(=O)NC(C(=O)O)C(C)O. The summed E-state index contributed by atoms with van der Waals surface area (Å²) in [7, 11) is 0. The zero-order chi connectivity index (χ0) is 24.1. The molecule has 178 valence electrons. The van der Waals surface area contributed by atoms with E-state index in [2.05, 4.69) is 20.9 Å².